The van der Waals surface area contributed by atoms with Gasteiger partial charge in [-0.1, -0.05) is 12.1 Å². The Morgan fingerprint density at radius 3 is 2.51 bits per heavy atom. The van der Waals surface area contributed by atoms with Crippen molar-refractivity contribution in [1.29, 1.82) is 0 Å². The van der Waals surface area contributed by atoms with Gasteiger partial charge >= 0.3 is 5.97 Å². The molecule has 2 saturated heterocycles. The molecule has 8 nitrogen and oxygen atoms in total. The number of hydrogen-bond donors (Lipinski definition) is 2. The minimum Gasteiger partial charge on any atom is -0.508 e. The molecule has 224 valence electrons. The third-order valence-electron chi connectivity index (χ3n) is 8.46. The highest BCUT2D eigenvalue weighted by Gasteiger charge is 2.30. The lowest BCUT2D eigenvalue weighted by Gasteiger charge is -2.20. The van der Waals surface area contributed by atoms with Gasteiger partial charge in [0.05, 0.1) is 7.11 Å². The summed E-state index contributed by atoms with van der Waals surface area (Å²) in [5.74, 6) is 0.665. The lowest BCUT2D eigenvalue weighted by atomic mass is 9.96. The van der Waals surface area contributed by atoms with Crippen LogP contribution in [0.5, 0.6) is 17.2 Å². The molecule has 2 fully saturated rings. The Kier molecular flexibility index (Phi) is 8.65. The van der Waals surface area contributed by atoms with Crippen molar-refractivity contribution in [3.8, 4) is 27.7 Å². The summed E-state index contributed by atoms with van der Waals surface area (Å²) in [5.41, 5.74) is 3.09. The number of ketones is 1. The van der Waals surface area contributed by atoms with E-state index in [0.717, 1.165) is 58.7 Å². The number of benzene rings is 3. The Labute approximate surface area is 255 Å². The van der Waals surface area contributed by atoms with E-state index in [1.54, 1.807) is 25.3 Å². The van der Waals surface area contributed by atoms with Crippen LogP contribution in [0.1, 0.15) is 47.2 Å². The van der Waals surface area contributed by atoms with E-state index in [-0.39, 0.29) is 11.5 Å². The first-order chi connectivity index (χ1) is 20.9. The molecule has 1 aromatic heterocycles. The minimum atomic E-state index is -0.777. The van der Waals surface area contributed by atoms with Crippen molar-refractivity contribution in [3.05, 3.63) is 77.4 Å². The molecule has 0 saturated carbocycles. The maximum atomic E-state index is 14.1. The van der Waals surface area contributed by atoms with Crippen LogP contribution in [0, 0.1) is 0 Å². The highest BCUT2D eigenvalue weighted by molar-refractivity contribution is 7.22. The van der Waals surface area contributed by atoms with E-state index in [1.807, 2.05) is 47.4 Å². The van der Waals surface area contributed by atoms with Crippen LogP contribution >= 0.6 is 11.3 Å². The van der Waals surface area contributed by atoms with E-state index in [9.17, 15) is 19.8 Å². The van der Waals surface area contributed by atoms with Crippen LogP contribution in [0.15, 0.2) is 60.7 Å². The standard InChI is InChI=1S/C34H36N2O6S/c1-41-29-19-23(6-7-24(29)21-35-14-2-3-15-35)32(38)31-27-13-10-25(37)20-30(27)43-33(31)22-8-11-26(12-9-22)42-18-17-36-16-4-5-28(36)34(39)40/h6-13,19-20,28,37H,2-5,14-18,21H2,1H3,(H,39,40)/t28-/m0/s1. The number of carboxylic acids is 1. The van der Waals surface area contributed by atoms with Gasteiger partial charge in [0.2, 0.25) is 0 Å². The van der Waals surface area contributed by atoms with Crippen molar-refractivity contribution in [2.45, 2.75) is 38.3 Å². The molecule has 2 aliphatic heterocycles. The highest BCUT2D eigenvalue weighted by Crippen LogP contribution is 2.42. The Hall–Kier alpha value is -3.92. The molecule has 43 heavy (non-hydrogen) atoms. The van der Waals surface area contributed by atoms with Gasteiger partial charge in [0.15, 0.2) is 5.78 Å². The van der Waals surface area contributed by atoms with E-state index in [4.69, 9.17) is 9.47 Å². The van der Waals surface area contributed by atoms with Gasteiger partial charge in [0.25, 0.3) is 0 Å². The molecule has 0 bridgehead atoms. The number of phenols is 1. The number of rotatable bonds is 11. The fourth-order valence-corrected chi connectivity index (χ4v) is 7.45. The number of ether oxygens (including phenoxy) is 2. The first-order valence-corrected chi connectivity index (χ1v) is 15.6. The first-order valence-electron chi connectivity index (χ1n) is 14.8. The smallest absolute Gasteiger partial charge is 0.320 e. The summed E-state index contributed by atoms with van der Waals surface area (Å²) < 4.78 is 12.5. The second-order valence-corrected chi connectivity index (χ2v) is 12.3. The molecular weight excluding hydrogens is 564 g/mol. The van der Waals surface area contributed by atoms with Crippen LogP contribution in [0.2, 0.25) is 0 Å². The predicted molar refractivity (Wildman–Crippen MR) is 168 cm³/mol. The van der Waals surface area contributed by atoms with Crippen molar-refractivity contribution in [1.82, 2.24) is 9.80 Å². The summed E-state index contributed by atoms with van der Waals surface area (Å²) in [5, 5.41) is 20.4. The fourth-order valence-electron chi connectivity index (χ4n) is 6.21. The fraction of sp³-hybridized carbons (Fsp3) is 0.353. The van der Waals surface area contributed by atoms with E-state index in [0.29, 0.717) is 42.2 Å². The number of thiophene rings is 1. The van der Waals surface area contributed by atoms with Crippen LogP contribution in [0.4, 0.5) is 0 Å². The first kappa shape index (κ1) is 29.2. The topological polar surface area (TPSA) is 99.5 Å². The maximum absolute atomic E-state index is 14.1. The molecule has 6 rings (SSSR count). The average molecular weight is 601 g/mol. The van der Waals surface area contributed by atoms with Crippen molar-refractivity contribution in [2.75, 3.05) is 39.9 Å². The summed E-state index contributed by atoms with van der Waals surface area (Å²) in [6, 6.07) is 18.0. The largest absolute Gasteiger partial charge is 0.508 e. The number of hydrogen-bond acceptors (Lipinski definition) is 8. The zero-order valence-corrected chi connectivity index (χ0v) is 25.1. The lowest BCUT2D eigenvalue weighted by Crippen LogP contribution is -2.38. The summed E-state index contributed by atoms with van der Waals surface area (Å²) in [6.07, 6.45) is 3.98. The zero-order valence-electron chi connectivity index (χ0n) is 24.3. The van der Waals surface area contributed by atoms with Crippen LogP contribution in [0.25, 0.3) is 20.5 Å². The van der Waals surface area contributed by atoms with Gasteiger partial charge < -0.3 is 19.7 Å². The van der Waals surface area contributed by atoms with Crippen LogP contribution < -0.4 is 9.47 Å². The number of fused-ring (bicyclic) bond motifs is 1. The Bertz CT molecular complexity index is 1630. The number of carbonyl (C=O) groups excluding carboxylic acids is 1. The molecule has 4 aromatic rings. The van der Waals surface area contributed by atoms with E-state index in [1.165, 1.54) is 24.2 Å². The SMILES string of the molecule is COc1cc(C(=O)c2c(-c3ccc(OCCN4CCC[C@H]4C(=O)O)cc3)sc3cc(O)ccc23)ccc1CN1CCCC1. The number of methoxy groups -OCH3 is 1. The number of likely N-dealkylation sites (tertiary alicyclic amines) is 2. The third kappa shape index (κ3) is 6.25. The molecule has 3 aromatic carbocycles. The van der Waals surface area contributed by atoms with Crippen LogP contribution in [0.3, 0.4) is 0 Å². The van der Waals surface area contributed by atoms with Crippen LogP contribution in [-0.4, -0.2) is 77.7 Å². The molecule has 0 unspecified atom stereocenters. The van der Waals surface area contributed by atoms with E-state index in [2.05, 4.69) is 4.90 Å². The third-order valence-corrected chi connectivity index (χ3v) is 9.66. The number of aromatic hydroxyl groups is 1. The molecule has 0 spiro atoms. The number of phenolic OH excluding ortho intramolecular Hbond substituents is 1. The number of carbonyl (C=O) groups is 2. The molecule has 1 atom stereocenters. The summed E-state index contributed by atoms with van der Waals surface area (Å²) in [7, 11) is 1.64. The number of carboxylic acid groups (broad SMARTS) is 1. The predicted octanol–water partition coefficient (Wildman–Crippen LogP) is 6.04. The maximum Gasteiger partial charge on any atom is 0.320 e. The van der Waals surface area contributed by atoms with E-state index >= 15 is 0 Å². The quantitative estimate of drug-likeness (QED) is 0.201. The van der Waals surface area contributed by atoms with Gasteiger partial charge in [-0.05, 0) is 99.4 Å². The molecule has 9 heteroatoms. The van der Waals surface area contributed by atoms with Gasteiger partial charge in [-0.25, -0.2) is 0 Å². The second-order valence-electron chi connectivity index (χ2n) is 11.2. The van der Waals surface area contributed by atoms with E-state index < -0.39 is 12.0 Å². The average Bonchev–Trinajstić information content (AvgIpc) is 3.77. The molecule has 2 aliphatic rings. The van der Waals surface area contributed by atoms with Gasteiger partial charge in [0.1, 0.15) is 29.9 Å². The summed E-state index contributed by atoms with van der Waals surface area (Å²) in [6.45, 7) is 4.67. The van der Waals surface area contributed by atoms with Crippen LogP contribution in [-0.2, 0) is 11.3 Å². The number of nitrogens with zero attached hydrogens (tertiary/aromatic N) is 2. The molecule has 0 radical (unpaired) electrons. The van der Waals surface area contributed by atoms with Crippen molar-refractivity contribution < 1.29 is 29.3 Å². The molecular formula is C34H36N2O6S. The Morgan fingerprint density at radius 2 is 1.77 bits per heavy atom. The molecule has 2 N–H and O–H groups in total. The Morgan fingerprint density at radius 1 is 0.977 bits per heavy atom. The zero-order chi connectivity index (χ0) is 29.9. The lowest BCUT2D eigenvalue weighted by molar-refractivity contribution is -0.142. The summed E-state index contributed by atoms with van der Waals surface area (Å²) >= 11 is 1.47. The molecule has 0 aliphatic carbocycles. The highest BCUT2D eigenvalue weighted by atomic mass is 32.1. The summed E-state index contributed by atoms with van der Waals surface area (Å²) in [4.78, 5) is 30.8. The van der Waals surface area contributed by atoms with Gasteiger partial charge in [-0.3, -0.25) is 19.4 Å². The second kappa shape index (κ2) is 12.8. The Balaban J connectivity index is 1.25. The van der Waals surface area contributed by atoms with Crippen molar-refractivity contribution in [2.24, 2.45) is 0 Å². The monoisotopic (exact) mass is 600 g/mol. The van der Waals surface area contributed by atoms with Gasteiger partial charge in [-0.15, -0.1) is 11.3 Å². The van der Waals surface area contributed by atoms with Crippen molar-refractivity contribution in [3.63, 3.8) is 0 Å². The molecule has 3 heterocycles. The van der Waals surface area contributed by atoms with Crippen molar-refractivity contribution >= 4 is 33.2 Å². The number of aliphatic carboxylic acids is 1. The normalized spacial score (nSPS) is 17.5. The van der Waals surface area contributed by atoms with Gasteiger partial charge in [0, 0.05) is 44.7 Å². The molecule has 0 amide bonds. The minimum absolute atomic E-state index is 0.100. The van der Waals surface area contributed by atoms with Gasteiger partial charge in [-0.2, -0.15) is 0 Å².